The van der Waals surface area contributed by atoms with Crippen molar-refractivity contribution in [3.8, 4) is 5.75 Å². The van der Waals surface area contributed by atoms with Crippen LogP contribution in [0.1, 0.15) is 19.4 Å². The number of rotatable bonds is 4. The Morgan fingerprint density at radius 2 is 2.33 bits per heavy atom. The van der Waals surface area contributed by atoms with Crippen LogP contribution in [0.3, 0.4) is 0 Å². The van der Waals surface area contributed by atoms with Crippen molar-refractivity contribution in [2.45, 2.75) is 20.0 Å². The van der Waals surface area contributed by atoms with Crippen LogP contribution >= 0.6 is 0 Å². The summed E-state index contributed by atoms with van der Waals surface area (Å²) < 4.78 is 5.72. The molecule has 2 heterocycles. The zero-order valence-corrected chi connectivity index (χ0v) is 10.3. The fourth-order valence-electron chi connectivity index (χ4n) is 1.71. The zero-order chi connectivity index (χ0) is 13.1. The third kappa shape index (κ3) is 2.51. The Kier molecular flexibility index (Phi) is 3.32. The summed E-state index contributed by atoms with van der Waals surface area (Å²) >= 11 is 0. The standard InChI is InChI=1S/C13H15N3O2/c1-8(2)18-10-5-6-15-13-12(10)9(7-16-13)3-4-11(14)17/h3-8H,1-2H3,(H2,14,17)(H,15,16)/b4-3+. The van der Waals surface area contributed by atoms with E-state index in [9.17, 15) is 4.79 Å². The van der Waals surface area contributed by atoms with Crippen molar-refractivity contribution < 1.29 is 9.53 Å². The minimum absolute atomic E-state index is 0.0680. The van der Waals surface area contributed by atoms with Crippen LogP contribution in [-0.2, 0) is 4.79 Å². The molecule has 94 valence electrons. The highest BCUT2D eigenvalue weighted by atomic mass is 16.5. The SMILES string of the molecule is CC(C)Oc1ccnc2[nH]cc(/C=C/C(N)=O)c12. The molecule has 0 saturated heterocycles. The molecule has 3 N–H and O–H groups in total. The number of amides is 1. The Balaban J connectivity index is 2.51. The number of carbonyl (C=O) groups excluding carboxylic acids is 1. The van der Waals surface area contributed by atoms with Crippen molar-refractivity contribution in [1.82, 2.24) is 9.97 Å². The molecule has 0 spiro atoms. The van der Waals surface area contributed by atoms with Gasteiger partial charge in [-0.25, -0.2) is 4.98 Å². The normalized spacial score (nSPS) is 11.5. The molecule has 0 aromatic carbocycles. The molecule has 0 aliphatic carbocycles. The monoisotopic (exact) mass is 245 g/mol. The number of fused-ring (bicyclic) bond motifs is 1. The predicted molar refractivity (Wildman–Crippen MR) is 70.1 cm³/mol. The van der Waals surface area contributed by atoms with Crippen molar-refractivity contribution in [2.24, 2.45) is 5.73 Å². The summed E-state index contributed by atoms with van der Waals surface area (Å²) in [5, 5.41) is 0.851. The van der Waals surface area contributed by atoms with Gasteiger partial charge in [-0.2, -0.15) is 0 Å². The number of hydrogen-bond donors (Lipinski definition) is 2. The maximum absolute atomic E-state index is 10.8. The second-order valence-corrected chi connectivity index (χ2v) is 4.18. The molecule has 0 unspecified atom stereocenters. The Labute approximate surface area is 105 Å². The number of aromatic nitrogens is 2. The maximum atomic E-state index is 10.8. The lowest BCUT2D eigenvalue weighted by Crippen LogP contribution is -2.06. The number of nitrogens with two attached hydrogens (primary N) is 1. The number of ether oxygens (including phenoxy) is 1. The minimum Gasteiger partial charge on any atom is -0.490 e. The number of pyridine rings is 1. The Morgan fingerprint density at radius 1 is 1.56 bits per heavy atom. The smallest absolute Gasteiger partial charge is 0.241 e. The van der Waals surface area contributed by atoms with Gasteiger partial charge in [-0.3, -0.25) is 4.79 Å². The van der Waals surface area contributed by atoms with Crippen molar-refractivity contribution in [3.05, 3.63) is 30.1 Å². The first kappa shape index (κ1) is 12.2. The lowest BCUT2D eigenvalue weighted by atomic mass is 10.2. The van der Waals surface area contributed by atoms with E-state index < -0.39 is 5.91 Å². The number of nitrogens with zero attached hydrogens (tertiary/aromatic N) is 1. The molecule has 18 heavy (non-hydrogen) atoms. The lowest BCUT2D eigenvalue weighted by molar-refractivity contribution is -0.113. The molecule has 0 atom stereocenters. The zero-order valence-electron chi connectivity index (χ0n) is 10.3. The Hall–Kier alpha value is -2.30. The molecule has 0 saturated carbocycles. The lowest BCUT2D eigenvalue weighted by Gasteiger charge is -2.10. The Morgan fingerprint density at radius 3 is 3.00 bits per heavy atom. The van der Waals surface area contributed by atoms with E-state index in [-0.39, 0.29) is 6.10 Å². The molecule has 5 heteroatoms. The summed E-state index contributed by atoms with van der Waals surface area (Å²) in [6, 6.07) is 1.80. The van der Waals surface area contributed by atoms with E-state index in [4.69, 9.17) is 10.5 Å². The number of carbonyl (C=O) groups is 1. The van der Waals surface area contributed by atoms with E-state index in [1.54, 1.807) is 24.5 Å². The minimum atomic E-state index is -0.487. The molecule has 2 aromatic heterocycles. The van der Waals surface area contributed by atoms with E-state index >= 15 is 0 Å². The summed E-state index contributed by atoms with van der Waals surface area (Å²) in [6.07, 6.45) is 6.48. The molecule has 0 aliphatic rings. The van der Waals surface area contributed by atoms with E-state index in [0.717, 1.165) is 22.3 Å². The summed E-state index contributed by atoms with van der Waals surface area (Å²) in [6.45, 7) is 3.91. The average molecular weight is 245 g/mol. The summed E-state index contributed by atoms with van der Waals surface area (Å²) in [4.78, 5) is 18.0. The van der Waals surface area contributed by atoms with E-state index in [2.05, 4.69) is 9.97 Å². The van der Waals surface area contributed by atoms with E-state index in [1.807, 2.05) is 13.8 Å². The van der Waals surface area contributed by atoms with Gasteiger partial charge in [-0.1, -0.05) is 0 Å². The topological polar surface area (TPSA) is 81.0 Å². The van der Waals surface area contributed by atoms with Gasteiger partial charge in [0.1, 0.15) is 11.4 Å². The molecule has 0 radical (unpaired) electrons. The molecule has 0 bridgehead atoms. The van der Waals surface area contributed by atoms with Crippen LogP contribution in [0, 0.1) is 0 Å². The summed E-state index contributed by atoms with van der Waals surface area (Å²) in [5.41, 5.74) is 6.64. The number of H-pyrrole nitrogens is 1. The summed E-state index contributed by atoms with van der Waals surface area (Å²) in [5.74, 6) is 0.250. The third-order valence-electron chi connectivity index (χ3n) is 2.36. The van der Waals surface area contributed by atoms with Crippen molar-refractivity contribution >= 4 is 23.0 Å². The second-order valence-electron chi connectivity index (χ2n) is 4.18. The van der Waals surface area contributed by atoms with Gasteiger partial charge in [0.25, 0.3) is 0 Å². The maximum Gasteiger partial charge on any atom is 0.241 e. The predicted octanol–water partition coefficient (Wildman–Crippen LogP) is 1.85. The first-order valence-electron chi connectivity index (χ1n) is 5.68. The van der Waals surface area contributed by atoms with Gasteiger partial charge in [-0.05, 0) is 26.0 Å². The molecule has 2 aromatic rings. The van der Waals surface area contributed by atoms with Crippen LogP contribution in [0.25, 0.3) is 17.1 Å². The van der Waals surface area contributed by atoms with Gasteiger partial charge in [-0.15, -0.1) is 0 Å². The van der Waals surface area contributed by atoms with Crippen molar-refractivity contribution in [3.63, 3.8) is 0 Å². The van der Waals surface area contributed by atoms with Crippen LogP contribution in [0.4, 0.5) is 0 Å². The van der Waals surface area contributed by atoms with Gasteiger partial charge in [0.15, 0.2) is 0 Å². The number of nitrogens with one attached hydrogen (secondary N) is 1. The largest absolute Gasteiger partial charge is 0.490 e. The van der Waals surface area contributed by atoms with E-state index in [1.165, 1.54) is 6.08 Å². The van der Waals surface area contributed by atoms with Crippen LogP contribution < -0.4 is 10.5 Å². The van der Waals surface area contributed by atoms with Crippen LogP contribution in [0.5, 0.6) is 5.75 Å². The van der Waals surface area contributed by atoms with Gasteiger partial charge >= 0.3 is 0 Å². The average Bonchev–Trinajstić information content (AvgIpc) is 2.70. The van der Waals surface area contributed by atoms with Gasteiger partial charge < -0.3 is 15.5 Å². The number of aromatic amines is 1. The van der Waals surface area contributed by atoms with Crippen LogP contribution in [-0.4, -0.2) is 22.0 Å². The quantitative estimate of drug-likeness (QED) is 0.806. The number of primary amides is 1. The molecule has 5 nitrogen and oxygen atoms in total. The highest BCUT2D eigenvalue weighted by molar-refractivity contribution is 5.96. The van der Waals surface area contributed by atoms with Gasteiger partial charge in [0.2, 0.25) is 5.91 Å². The second kappa shape index (κ2) is 4.91. The van der Waals surface area contributed by atoms with Crippen LogP contribution in [0.2, 0.25) is 0 Å². The highest BCUT2D eigenvalue weighted by Gasteiger charge is 2.10. The van der Waals surface area contributed by atoms with Crippen molar-refractivity contribution in [2.75, 3.05) is 0 Å². The third-order valence-corrected chi connectivity index (χ3v) is 2.36. The molecule has 0 fully saturated rings. The van der Waals surface area contributed by atoms with Crippen molar-refractivity contribution in [1.29, 1.82) is 0 Å². The fraction of sp³-hybridized carbons (Fsp3) is 0.231. The van der Waals surface area contributed by atoms with Gasteiger partial charge in [0, 0.05) is 24.0 Å². The molecule has 2 rings (SSSR count). The highest BCUT2D eigenvalue weighted by Crippen LogP contribution is 2.28. The van der Waals surface area contributed by atoms with Gasteiger partial charge in [0.05, 0.1) is 11.5 Å². The first-order chi connectivity index (χ1) is 8.58. The molecule has 1 amide bonds. The molecular formula is C13H15N3O2. The number of hydrogen-bond acceptors (Lipinski definition) is 3. The summed E-state index contributed by atoms with van der Waals surface area (Å²) in [7, 11) is 0. The van der Waals surface area contributed by atoms with E-state index in [0.29, 0.717) is 0 Å². The van der Waals surface area contributed by atoms with Crippen LogP contribution in [0.15, 0.2) is 24.5 Å². The fourth-order valence-corrected chi connectivity index (χ4v) is 1.71. The molecular weight excluding hydrogens is 230 g/mol. The molecule has 0 aliphatic heterocycles. The first-order valence-corrected chi connectivity index (χ1v) is 5.68. The Bertz CT molecular complexity index is 599.